The topological polar surface area (TPSA) is 93.1 Å². The highest BCUT2D eigenvalue weighted by Crippen LogP contribution is 2.30. The van der Waals surface area contributed by atoms with Gasteiger partial charge in [0.1, 0.15) is 11.3 Å². The lowest BCUT2D eigenvalue weighted by molar-refractivity contribution is 0.0522. The zero-order valence-corrected chi connectivity index (χ0v) is 14.0. The quantitative estimate of drug-likeness (QED) is 0.708. The normalized spacial score (nSPS) is 11.2. The fourth-order valence-electron chi connectivity index (χ4n) is 1.93. The summed E-state index contributed by atoms with van der Waals surface area (Å²) in [7, 11) is -3.84. The van der Waals surface area contributed by atoms with Crippen LogP contribution < -0.4 is 9.04 Å². The molecule has 0 spiro atoms. The van der Waals surface area contributed by atoms with Crippen LogP contribution in [-0.2, 0) is 14.8 Å². The molecule has 0 amide bonds. The first-order valence-corrected chi connectivity index (χ1v) is 8.83. The number of hydrogen-bond donors (Lipinski definition) is 1. The van der Waals surface area contributed by atoms with E-state index in [-0.39, 0.29) is 36.8 Å². The Kier molecular flexibility index (Phi) is 6.77. The lowest BCUT2D eigenvalue weighted by atomic mass is 10.1. The molecule has 0 aromatic heterocycles. The molecule has 1 aromatic carbocycles. The summed E-state index contributed by atoms with van der Waals surface area (Å²) < 4.78 is 48.6. The van der Waals surface area contributed by atoms with Crippen LogP contribution in [0.2, 0.25) is 0 Å². The summed E-state index contributed by atoms with van der Waals surface area (Å²) in [4.78, 5) is 12.0. The lowest BCUT2D eigenvalue weighted by Gasteiger charge is -2.23. The van der Waals surface area contributed by atoms with E-state index >= 15 is 0 Å². The van der Waals surface area contributed by atoms with E-state index < -0.39 is 28.4 Å². The smallest absolute Gasteiger partial charge is 0.341 e. The summed E-state index contributed by atoms with van der Waals surface area (Å²) in [6.07, 6.45) is 0.878. The average Bonchev–Trinajstić information content (AvgIpc) is 2.45. The maximum Gasteiger partial charge on any atom is 0.341 e. The van der Waals surface area contributed by atoms with E-state index in [1.54, 1.807) is 13.8 Å². The van der Waals surface area contributed by atoms with Crippen LogP contribution in [0.3, 0.4) is 0 Å². The summed E-state index contributed by atoms with van der Waals surface area (Å²) in [6, 6.07) is 1.98. The van der Waals surface area contributed by atoms with Crippen molar-refractivity contribution in [1.82, 2.24) is 0 Å². The number of benzene rings is 1. The van der Waals surface area contributed by atoms with Crippen LogP contribution in [0.1, 0.15) is 24.2 Å². The van der Waals surface area contributed by atoms with Crippen molar-refractivity contribution in [3.8, 4) is 5.75 Å². The first-order chi connectivity index (χ1) is 10.8. The number of anilines is 1. The highest BCUT2D eigenvalue weighted by atomic mass is 32.2. The van der Waals surface area contributed by atoms with Crippen molar-refractivity contribution in [1.29, 1.82) is 0 Å². The van der Waals surface area contributed by atoms with E-state index in [4.69, 9.17) is 14.6 Å². The number of aliphatic hydroxyl groups is 1. The van der Waals surface area contributed by atoms with Crippen LogP contribution in [0.5, 0.6) is 5.75 Å². The van der Waals surface area contributed by atoms with Gasteiger partial charge in [-0.05, 0) is 19.9 Å². The zero-order valence-electron chi connectivity index (χ0n) is 13.2. The summed E-state index contributed by atoms with van der Waals surface area (Å²) in [5.41, 5.74) is -0.440. The van der Waals surface area contributed by atoms with Crippen molar-refractivity contribution in [3.05, 3.63) is 23.5 Å². The van der Waals surface area contributed by atoms with E-state index in [0.717, 1.165) is 18.4 Å². The highest BCUT2D eigenvalue weighted by molar-refractivity contribution is 7.92. The van der Waals surface area contributed by atoms with Crippen LogP contribution in [-0.4, -0.2) is 52.1 Å². The summed E-state index contributed by atoms with van der Waals surface area (Å²) in [5, 5.41) is 9.01. The number of ether oxygens (including phenoxy) is 2. The van der Waals surface area contributed by atoms with Crippen molar-refractivity contribution in [2.45, 2.75) is 13.8 Å². The fraction of sp³-hybridized carbons (Fsp3) is 0.500. The molecule has 0 radical (unpaired) electrons. The van der Waals surface area contributed by atoms with Crippen molar-refractivity contribution in [2.24, 2.45) is 0 Å². The van der Waals surface area contributed by atoms with E-state index in [0.29, 0.717) is 4.31 Å². The van der Waals surface area contributed by atoms with Gasteiger partial charge in [0.15, 0.2) is 5.82 Å². The lowest BCUT2D eigenvalue weighted by Crippen LogP contribution is -2.33. The van der Waals surface area contributed by atoms with Gasteiger partial charge in [-0.1, -0.05) is 0 Å². The van der Waals surface area contributed by atoms with Gasteiger partial charge < -0.3 is 14.6 Å². The number of rotatable bonds is 8. The van der Waals surface area contributed by atoms with Crippen LogP contribution in [0.25, 0.3) is 0 Å². The average molecular weight is 349 g/mol. The Morgan fingerprint density at radius 1 is 1.30 bits per heavy atom. The number of halogens is 1. The Morgan fingerprint density at radius 2 is 1.96 bits per heavy atom. The Morgan fingerprint density at radius 3 is 2.43 bits per heavy atom. The predicted octanol–water partition coefficient (Wildman–Crippen LogP) is 1.16. The maximum atomic E-state index is 14.3. The SMILES string of the molecule is CCOC(=O)c1cc(N(CCO)S(C)(=O)=O)c(F)cc1OCC. The number of carbonyl (C=O) groups excluding carboxylic acids is 1. The van der Waals surface area contributed by atoms with E-state index in [9.17, 15) is 17.6 Å². The van der Waals surface area contributed by atoms with Gasteiger partial charge in [0, 0.05) is 6.07 Å². The molecule has 0 aliphatic heterocycles. The van der Waals surface area contributed by atoms with Gasteiger partial charge in [-0.3, -0.25) is 4.31 Å². The van der Waals surface area contributed by atoms with Gasteiger partial charge in [-0.15, -0.1) is 0 Å². The predicted molar refractivity (Wildman–Crippen MR) is 82.8 cm³/mol. The third-order valence-electron chi connectivity index (χ3n) is 2.82. The van der Waals surface area contributed by atoms with Gasteiger partial charge in [-0.2, -0.15) is 0 Å². The monoisotopic (exact) mass is 349 g/mol. The van der Waals surface area contributed by atoms with E-state index in [2.05, 4.69) is 0 Å². The van der Waals surface area contributed by atoms with Crippen molar-refractivity contribution in [2.75, 3.05) is 36.9 Å². The Labute approximate surface area is 134 Å². The molecule has 130 valence electrons. The fourth-order valence-corrected chi connectivity index (χ4v) is 2.84. The molecule has 9 heteroatoms. The molecule has 0 heterocycles. The largest absolute Gasteiger partial charge is 0.493 e. The van der Waals surface area contributed by atoms with Crippen LogP contribution in [0, 0.1) is 5.82 Å². The minimum Gasteiger partial charge on any atom is -0.493 e. The molecule has 0 atom stereocenters. The first kappa shape index (κ1) is 19.2. The van der Waals surface area contributed by atoms with E-state index in [1.807, 2.05) is 0 Å². The number of aliphatic hydroxyl groups excluding tert-OH is 1. The highest BCUT2D eigenvalue weighted by Gasteiger charge is 2.25. The molecule has 23 heavy (non-hydrogen) atoms. The molecule has 0 unspecified atom stereocenters. The van der Waals surface area contributed by atoms with Crippen molar-refractivity contribution < 1.29 is 32.2 Å². The third-order valence-corrected chi connectivity index (χ3v) is 4.00. The Bertz CT molecular complexity index is 661. The van der Waals surface area contributed by atoms with Gasteiger partial charge in [0.25, 0.3) is 0 Å². The number of nitrogens with zero attached hydrogens (tertiary/aromatic N) is 1. The molecule has 1 rings (SSSR count). The van der Waals surface area contributed by atoms with Crippen molar-refractivity contribution in [3.63, 3.8) is 0 Å². The zero-order chi connectivity index (χ0) is 17.6. The molecule has 7 nitrogen and oxygen atoms in total. The minimum absolute atomic E-state index is 0.0374. The molecule has 1 aromatic rings. The molecule has 0 aliphatic carbocycles. The molecule has 0 saturated heterocycles. The van der Waals surface area contributed by atoms with Gasteiger partial charge >= 0.3 is 5.97 Å². The second-order valence-electron chi connectivity index (χ2n) is 4.51. The number of sulfonamides is 1. The molecular formula is C14H20FNO6S. The number of carbonyl (C=O) groups is 1. The molecule has 0 saturated carbocycles. The third kappa shape index (κ3) is 4.80. The summed E-state index contributed by atoms with van der Waals surface area (Å²) >= 11 is 0. The second-order valence-corrected chi connectivity index (χ2v) is 6.42. The molecule has 0 aliphatic rings. The molecular weight excluding hydrogens is 329 g/mol. The van der Waals surface area contributed by atoms with Gasteiger partial charge in [-0.25, -0.2) is 17.6 Å². The second kappa shape index (κ2) is 8.11. The summed E-state index contributed by atoms with van der Waals surface area (Å²) in [5.74, 6) is -1.68. The van der Waals surface area contributed by atoms with Gasteiger partial charge in [0.2, 0.25) is 10.0 Å². The first-order valence-electron chi connectivity index (χ1n) is 6.98. The molecule has 1 N–H and O–H groups in total. The Hall–Kier alpha value is -1.87. The van der Waals surface area contributed by atoms with Crippen molar-refractivity contribution >= 4 is 21.7 Å². The standard InChI is InChI=1S/C14H20FNO6S/c1-4-21-13-9-11(15)12(8-10(13)14(18)22-5-2)16(6-7-17)23(3,19)20/h8-9,17H,4-7H2,1-3H3. The van der Waals surface area contributed by atoms with E-state index in [1.165, 1.54) is 0 Å². The van der Waals surface area contributed by atoms with Crippen LogP contribution >= 0.6 is 0 Å². The molecule has 0 bridgehead atoms. The van der Waals surface area contributed by atoms with Crippen LogP contribution in [0.15, 0.2) is 12.1 Å². The van der Waals surface area contributed by atoms with Crippen LogP contribution in [0.4, 0.5) is 10.1 Å². The van der Waals surface area contributed by atoms with Gasteiger partial charge in [0.05, 0.1) is 38.3 Å². The number of esters is 1. The summed E-state index contributed by atoms with van der Waals surface area (Å²) in [6.45, 7) is 2.72. The Balaban J connectivity index is 3.48. The maximum absolute atomic E-state index is 14.3. The number of hydrogen-bond acceptors (Lipinski definition) is 6. The molecule has 0 fully saturated rings. The minimum atomic E-state index is -3.84.